The van der Waals surface area contributed by atoms with Crippen LogP contribution in [0.1, 0.15) is 64.4 Å². The summed E-state index contributed by atoms with van der Waals surface area (Å²) in [6.45, 7) is 2.36. The van der Waals surface area contributed by atoms with Gasteiger partial charge in [0.2, 0.25) is 0 Å². The van der Waals surface area contributed by atoms with Crippen LogP contribution < -0.4 is 4.74 Å². The van der Waals surface area contributed by atoms with E-state index in [0.29, 0.717) is 23.7 Å². The molecule has 0 aromatic heterocycles. The number of hydrogen-bond acceptors (Lipinski definition) is 3. The van der Waals surface area contributed by atoms with Gasteiger partial charge in [0.05, 0.1) is 10.6 Å². The summed E-state index contributed by atoms with van der Waals surface area (Å²) in [6.07, 6.45) is 5.19. The molecular weight excluding hydrogens is 483 g/mol. The quantitative estimate of drug-likeness (QED) is 0.367. The molecule has 1 unspecified atom stereocenters. The molecule has 1 fully saturated rings. The number of Topliss-reactive ketones (excluding diaryl/α,β-unsaturated/α-hetero) is 1. The Labute approximate surface area is 214 Å². The van der Waals surface area contributed by atoms with Crippen LogP contribution in [0.3, 0.4) is 0 Å². The number of carboxylic acid groups (broad SMARTS) is 1. The number of halogens is 2. The molecular formula is C29H26Cl2O4. The fourth-order valence-electron chi connectivity index (χ4n) is 5.60. The maximum atomic E-state index is 13.4. The molecule has 0 heterocycles. The molecule has 5 rings (SSSR count). The standard InChI is InChI=1S/C29H26Cl2O4/c1-29(22-7-2-3-8-22)15-21-14-23(25(30)26(31)24(21)27(29)32)35-16-17-5-4-6-20(13-17)18-9-11-19(12-10-18)28(33)34/h4-6,9-14,22H,2-3,7-8,15-16H2,1H3,(H,33,34). The van der Waals surface area contributed by atoms with Crippen molar-refractivity contribution in [2.45, 2.75) is 45.6 Å². The first-order valence-corrected chi connectivity index (χ1v) is 12.6. The van der Waals surface area contributed by atoms with Gasteiger partial charge in [0.15, 0.2) is 5.78 Å². The molecule has 180 valence electrons. The Bertz CT molecular complexity index is 1310. The second kappa shape index (κ2) is 9.33. The van der Waals surface area contributed by atoms with Crippen LogP contribution in [-0.4, -0.2) is 16.9 Å². The Kier molecular flexibility index (Phi) is 6.37. The van der Waals surface area contributed by atoms with Crippen molar-refractivity contribution in [3.05, 3.63) is 86.9 Å². The zero-order valence-corrected chi connectivity index (χ0v) is 21.0. The molecule has 1 atom stereocenters. The van der Waals surface area contributed by atoms with Gasteiger partial charge < -0.3 is 9.84 Å². The van der Waals surface area contributed by atoms with E-state index in [4.69, 9.17) is 33.0 Å². The van der Waals surface area contributed by atoms with Gasteiger partial charge in [-0.15, -0.1) is 0 Å². The molecule has 1 N–H and O–H groups in total. The average molecular weight is 509 g/mol. The molecule has 35 heavy (non-hydrogen) atoms. The summed E-state index contributed by atoms with van der Waals surface area (Å²) in [5.41, 5.74) is 4.11. The van der Waals surface area contributed by atoms with Gasteiger partial charge in [-0.05, 0) is 71.7 Å². The number of ether oxygens (including phenoxy) is 1. The summed E-state index contributed by atoms with van der Waals surface area (Å²) in [4.78, 5) is 24.5. The number of aromatic carboxylic acids is 1. The second-order valence-corrected chi connectivity index (χ2v) is 10.6. The number of rotatable bonds is 6. The molecule has 0 saturated heterocycles. The molecule has 2 aliphatic carbocycles. The zero-order chi connectivity index (χ0) is 24.7. The molecule has 4 nitrogen and oxygen atoms in total. The normalized spacial score (nSPS) is 19.7. The van der Waals surface area contributed by atoms with Crippen molar-refractivity contribution in [2.24, 2.45) is 11.3 Å². The first-order chi connectivity index (χ1) is 16.8. The minimum atomic E-state index is -0.950. The lowest BCUT2D eigenvalue weighted by molar-refractivity contribution is 0.0695. The van der Waals surface area contributed by atoms with Crippen molar-refractivity contribution in [3.63, 3.8) is 0 Å². The Hall–Kier alpha value is -2.82. The van der Waals surface area contributed by atoms with E-state index in [1.165, 1.54) is 12.8 Å². The minimum Gasteiger partial charge on any atom is -0.487 e. The van der Waals surface area contributed by atoms with E-state index in [2.05, 4.69) is 6.92 Å². The highest BCUT2D eigenvalue weighted by Crippen LogP contribution is 2.52. The third kappa shape index (κ3) is 4.34. The van der Waals surface area contributed by atoms with Gasteiger partial charge >= 0.3 is 5.97 Å². The lowest BCUT2D eigenvalue weighted by Gasteiger charge is -2.29. The Balaban J connectivity index is 1.36. The van der Waals surface area contributed by atoms with E-state index in [0.717, 1.165) is 35.1 Å². The smallest absolute Gasteiger partial charge is 0.335 e. The fourth-order valence-corrected chi connectivity index (χ4v) is 6.11. The largest absolute Gasteiger partial charge is 0.487 e. The molecule has 0 amide bonds. The van der Waals surface area contributed by atoms with Crippen LogP contribution >= 0.6 is 23.2 Å². The fraction of sp³-hybridized carbons (Fsp3) is 0.310. The Morgan fingerprint density at radius 1 is 1.03 bits per heavy atom. The summed E-state index contributed by atoms with van der Waals surface area (Å²) >= 11 is 13.2. The van der Waals surface area contributed by atoms with Crippen LogP contribution in [0.25, 0.3) is 11.1 Å². The van der Waals surface area contributed by atoms with E-state index < -0.39 is 11.4 Å². The summed E-state index contributed by atoms with van der Waals surface area (Å²) in [5.74, 6) is 0.0253. The molecule has 0 spiro atoms. The predicted octanol–water partition coefficient (Wildman–Crippen LogP) is 7.87. The first-order valence-electron chi connectivity index (χ1n) is 11.9. The van der Waals surface area contributed by atoms with Crippen LogP contribution in [-0.2, 0) is 13.0 Å². The monoisotopic (exact) mass is 508 g/mol. The van der Waals surface area contributed by atoms with E-state index in [-0.39, 0.29) is 28.0 Å². The number of carbonyl (C=O) groups excluding carboxylic acids is 1. The minimum absolute atomic E-state index is 0.111. The molecule has 0 radical (unpaired) electrons. The van der Waals surface area contributed by atoms with Crippen molar-refractivity contribution < 1.29 is 19.4 Å². The lowest BCUT2D eigenvalue weighted by Crippen LogP contribution is -2.32. The zero-order valence-electron chi connectivity index (χ0n) is 19.4. The summed E-state index contributed by atoms with van der Waals surface area (Å²) in [6, 6.07) is 16.5. The summed E-state index contributed by atoms with van der Waals surface area (Å²) < 4.78 is 6.09. The molecule has 0 bridgehead atoms. The van der Waals surface area contributed by atoms with Crippen molar-refractivity contribution in [3.8, 4) is 16.9 Å². The Morgan fingerprint density at radius 3 is 2.43 bits per heavy atom. The van der Waals surface area contributed by atoms with Gasteiger partial charge in [-0.25, -0.2) is 4.79 Å². The van der Waals surface area contributed by atoms with Gasteiger partial charge in [-0.2, -0.15) is 0 Å². The number of carbonyl (C=O) groups is 2. The number of ketones is 1. The third-order valence-corrected chi connectivity index (χ3v) is 8.45. The number of fused-ring (bicyclic) bond motifs is 1. The Morgan fingerprint density at radius 2 is 1.74 bits per heavy atom. The average Bonchev–Trinajstić information content (AvgIpc) is 3.49. The van der Waals surface area contributed by atoms with Crippen molar-refractivity contribution in [2.75, 3.05) is 0 Å². The molecule has 3 aromatic carbocycles. The second-order valence-electron chi connectivity index (χ2n) is 9.81. The summed E-state index contributed by atoms with van der Waals surface area (Å²) in [5, 5.41) is 9.67. The van der Waals surface area contributed by atoms with E-state index in [1.54, 1.807) is 24.3 Å². The number of hydrogen-bond donors (Lipinski definition) is 1. The van der Waals surface area contributed by atoms with Crippen LogP contribution in [0.4, 0.5) is 0 Å². The maximum absolute atomic E-state index is 13.4. The highest BCUT2D eigenvalue weighted by molar-refractivity contribution is 6.45. The molecule has 3 aromatic rings. The lowest BCUT2D eigenvalue weighted by atomic mass is 9.73. The number of carboxylic acids is 1. The highest BCUT2D eigenvalue weighted by atomic mass is 35.5. The van der Waals surface area contributed by atoms with E-state index in [9.17, 15) is 9.59 Å². The molecule has 2 aliphatic rings. The van der Waals surface area contributed by atoms with Crippen molar-refractivity contribution >= 4 is 35.0 Å². The molecule has 6 heteroatoms. The van der Waals surface area contributed by atoms with Crippen molar-refractivity contribution in [1.82, 2.24) is 0 Å². The van der Waals surface area contributed by atoms with E-state index >= 15 is 0 Å². The van der Waals surface area contributed by atoms with Crippen LogP contribution in [0.2, 0.25) is 10.0 Å². The first kappa shape index (κ1) is 23.9. The van der Waals surface area contributed by atoms with Gasteiger partial charge in [0.25, 0.3) is 0 Å². The van der Waals surface area contributed by atoms with Gasteiger partial charge in [0.1, 0.15) is 17.4 Å². The van der Waals surface area contributed by atoms with Gasteiger partial charge in [0, 0.05) is 11.0 Å². The van der Waals surface area contributed by atoms with Crippen molar-refractivity contribution in [1.29, 1.82) is 0 Å². The SMILES string of the molecule is CC1(C2CCCC2)Cc2cc(OCc3cccc(-c4ccc(C(=O)O)cc4)c3)c(Cl)c(Cl)c2C1=O. The van der Waals surface area contributed by atoms with Gasteiger partial charge in [-0.1, -0.05) is 73.3 Å². The maximum Gasteiger partial charge on any atom is 0.335 e. The van der Waals surface area contributed by atoms with Crippen LogP contribution in [0.5, 0.6) is 5.75 Å². The van der Waals surface area contributed by atoms with Crippen LogP contribution in [0.15, 0.2) is 54.6 Å². The topological polar surface area (TPSA) is 63.6 Å². The van der Waals surface area contributed by atoms with Crippen LogP contribution in [0, 0.1) is 11.3 Å². The predicted molar refractivity (Wildman–Crippen MR) is 138 cm³/mol. The molecule has 1 saturated carbocycles. The van der Waals surface area contributed by atoms with Gasteiger partial charge in [-0.3, -0.25) is 4.79 Å². The summed E-state index contributed by atoms with van der Waals surface area (Å²) in [7, 11) is 0. The highest BCUT2D eigenvalue weighted by Gasteiger charge is 2.49. The third-order valence-electron chi connectivity index (χ3n) is 7.60. The van der Waals surface area contributed by atoms with E-state index in [1.807, 2.05) is 30.3 Å². The molecule has 0 aliphatic heterocycles. The number of benzene rings is 3.